The van der Waals surface area contributed by atoms with Gasteiger partial charge in [-0.05, 0) is 25.0 Å². The Bertz CT molecular complexity index is 637. The number of hydrogen-bond donors (Lipinski definition) is 1. The number of rotatable bonds is 3. The van der Waals surface area contributed by atoms with Crippen molar-refractivity contribution in [2.24, 2.45) is 5.92 Å². The van der Waals surface area contributed by atoms with Crippen molar-refractivity contribution >= 4 is 11.4 Å². The Kier molecular flexibility index (Phi) is 3.92. The van der Waals surface area contributed by atoms with E-state index in [0.29, 0.717) is 12.1 Å². The summed E-state index contributed by atoms with van der Waals surface area (Å²) in [6.45, 7) is 0.616. The van der Waals surface area contributed by atoms with Crippen LogP contribution in [0.3, 0.4) is 0 Å². The quantitative estimate of drug-likeness (QED) is 0.939. The van der Waals surface area contributed by atoms with Crippen molar-refractivity contribution < 1.29 is 9.90 Å². The molecule has 3 rings (SSSR count). The molecule has 0 aliphatic heterocycles. The van der Waals surface area contributed by atoms with Gasteiger partial charge in [0, 0.05) is 31.3 Å². The maximum Gasteiger partial charge on any atom is 0.253 e. The number of pyridine rings is 1. The van der Waals surface area contributed by atoms with E-state index in [-0.39, 0.29) is 17.9 Å². The van der Waals surface area contributed by atoms with Crippen molar-refractivity contribution in [3.05, 3.63) is 36.4 Å². The van der Waals surface area contributed by atoms with Crippen LogP contribution < -0.4 is 0 Å². The van der Waals surface area contributed by atoms with Crippen molar-refractivity contribution in [1.29, 1.82) is 0 Å². The molecule has 5 heteroatoms. The van der Waals surface area contributed by atoms with E-state index in [1.807, 2.05) is 29.8 Å². The van der Waals surface area contributed by atoms with Crippen molar-refractivity contribution in [1.82, 2.24) is 14.3 Å². The molecule has 1 fully saturated rings. The molecule has 2 aromatic heterocycles. The Labute approximate surface area is 124 Å². The molecule has 1 aliphatic rings. The molecule has 2 heterocycles. The maximum absolute atomic E-state index is 12.5. The van der Waals surface area contributed by atoms with Crippen molar-refractivity contribution in [3.63, 3.8) is 0 Å². The third-order valence-corrected chi connectivity index (χ3v) is 4.39. The fourth-order valence-corrected chi connectivity index (χ4v) is 3.11. The second-order valence-electron chi connectivity index (χ2n) is 5.94. The van der Waals surface area contributed by atoms with Crippen molar-refractivity contribution in [3.8, 4) is 0 Å². The minimum Gasteiger partial charge on any atom is -0.393 e. The maximum atomic E-state index is 12.5. The highest BCUT2D eigenvalue weighted by Gasteiger charge is 2.26. The number of hydrogen-bond acceptors (Lipinski definition) is 3. The molecule has 0 aromatic carbocycles. The van der Waals surface area contributed by atoms with Gasteiger partial charge in [-0.2, -0.15) is 0 Å². The van der Waals surface area contributed by atoms with E-state index in [4.69, 9.17) is 0 Å². The Balaban J connectivity index is 1.71. The highest BCUT2D eigenvalue weighted by molar-refractivity contribution is 5.95. The summed E-state index contributed by atoms with van der Waals surface area (Å²) in [7, 11) is 1.81. The zero-order chi connectivity index (χ0) is 14.8. The summed E-state index contributed by atoms with van der Waals surface area (Å²) in [6, 6.07) is 3.66. The first-order valence-electron chi connectivity index (χ1n) is 7.50. The fourth-order valence-electron chi connectivity index (χ4n) is 3.11. The molecular weight excluding hydrogens is 266 g/mol. The lowest BCUT2D eigenvalue weighted by Crippen LogP contribution is -2.38. The molecule has 0 saturated heterocycles. The van der Waals surface area contributed by atoms with E-state index < -0.39 is 0 Å². The van der Waals surface area contributed by atoms with Crippen LogP contribution in [0.5, 0.6) is 0 Å². The van der Waals surface area contributed by atoms with E-state index in [1.54, 1.807) is 17.4 Å². The standard InChI is InChI=1S/C16H21N3O2/c1-18(10-13-4-2-3-5-15(13)20)16(21)12-6-7-19-11-17-9-14(19)8-12/h6-9,11,13,15,20H,2-5,10H2,1H3. The van der Waals surface area contributed by atoms with Gasteiger partial charge in [0.05, 0.1) is 24.1 Å². The summed E-state index contributed by atoms with van der Waals surface area (Å²) in [5.74, 6) is 0.197. The second-order valence-corrected chi connectivity index (χ2v) is 5.94. The Morgan fingerprint density at radius 2 is 2.29 bits per heavy atom. The van der Waals surface area contributed by atoms with E-state index in [2.05, 4.69) is 4.98 Å². The van der Waals surface area contributed by atoms with Gasteiger partial charge in [0.2, 0.25) is 0 Å². The van der Waals surface area contributed by atoms with Crippen LogP contribution in [0, 0.1) is 5.92 Å². The molecule has 5 nitrogen and oxygen atoms in total. The van der Waals surface area contributed by atoms with Crippen LogP contribution in [0.25, 0.3) is 5.52 Å². The SMILES string of the molecule is CN(CC1CCCCC1O)C(=O)c1ccn2cncc2c1. The Morgan fingerprint density at radius 1 is 1.48 bits per heavy atom. The van der Waals surface area contributed by atoms with E-state index in [9.17, 15) is 9.90 Å². The highest BCUT2D eigenvalue weighted by Crippen LogP contribution is 2.25. The van der Waals surface area contributed by atoms with Gasteiger partial charge >= 0.3 is 0 Å². The molecule has 0 bridgehead atoms. The van der Waals surface area contributed by atoms with Crippen LogP contribution in [-0.2, 0) is 0 Å². The number of carbonyl (C=O) groups is 1. The third-order valence-electron chi connectivity index (χ3n) is 4.39. The number of imidazole rings is 1. The molecule has 0 radical (unpaired) electrons. The van der Waals surface area contributed by atoms with Gasteiger partial charge in [0.25, 0.3) is 5.91 Å². The molecule has 2 atom stereocenters. The monoisotopic (exact) mass is 287 g/mol. The smallest absolute Gasteiger partial charge is 0.253 e. The van der Waals surface area contributed by atoms with Crippen LogP contribution >= 0.6 is 0 Å². The molecule has 2 aromatic rings. The lowest BCUT2D eigenvalue weighted by molar-refractivity contribution is 0.0451. The van der Waals surface area contributed by atoms with Crippen molar-refractivity contribution in [2.45, 2.75) is 31.8 Å². The molecule has 1 aliphatic carbocycles. The first kappa shape index (κ1) is 14.1. The minimum atomic E-state index is -0.272. The largest absolute Gasteiger partial charge is 0.393 e. The number of nitrogens with zero attached hydrogens (tertiary/aromatic N) is 3. The van der Waals surface area contributed by atoms with E-state index in [1.165, 1.54) is 0 Å². The molecule has 1 N–H and O–H groups in total. The van der Waals surface area contributed by atoms with E-state index >= 15 is 0 Å². The normalized spacial score (nSPS) is 22.4. The fraction of sp³-hybridized carbons (Fsp3) is 0.500. The summed E-state index contributed by atoms with van der Waals surface area (Å²) in [5, 5.41) is 10.0. The summed E-state index contributed by atoms with van der Waals surface area (Å²) < 4.78 is 1.88. The van der Waals surface area contributed by atoms with Crippen LogP contribution in [0.1, 0.15) is 36.0 Å². The summed E-state index contributed by atoms with van der Waals surface area (Å²) in [5.41, 5.74) is 1.57. The Morgan fingerprint density at radius 3 is 3.10 bits per heavy atom. The molecule has 1 saturated carbocycles. The predicted octanol–water partition coefficient (Wildman–Crippen LogP) is 1.96. The zero-order valence-corrected chi connectivity index (χ0v) is 12.3. The molecular formula is C16H21N3O2. The molecule has 0 spiro atoms. The minimum absolute atomic E-state index is 0.00327. The second kappa shape index (κ2) is 5.85. The number of carbonyl (C=O) groups excluding carboxylic acids is 1. The van der Waals surface area contributed by atoms with Gasteiger partial charge in [0.15, 0.2) is 0 Å². The van der Waals surface area contributed by atoms with Crippen LogP contribution in [0.4, 0.5) is 0 Å². The van der Waals surface area contributed by atoms with Gasteiger partial charge < -0.3 is 14.4 Å². The third kappa shape index (κ3) is 2.93. The van der Waals surface area contributed by atoms with Gasteiger partial charge in [-0.3, -0.25) is 4.79 Å². The van der Waals surface area contributed by atoms with Crippen LogP contribution in [-0.4, -0.2) is 45.0 Å². The topological polar surface area (TPSA) is 57.8 Å². The average molecular weight is 287 g/mol. The number of aliphatic hydroxyl groups excluding tert-OH is 1. The lowest BCUT2D eigenvalue weighted by atomic mass is 9.86. The van der Waals surface area contributed by atoms with Gasteiger partial charge in [-0.25, -0.2) is 4.98 Å². The summed E-state index contributed by atoms with van der Waals surface area (Å²) in [6.07, 6.45) is 9.12. The first-order valence-corrected chi connectivity index (χ1v) is 7.50. The molecule has 2 unspecified atom stereocenters. The summed E-state index contributed by atoms with van der Waals surface area (Å²) >= 11 is 0. The average Bonchev–Trinajstić information content (AvgIpc) is 2.96. The van der Waals surface area contributed by atoms with Crippen molar-refractivity contribution in [2.75, 3.05) is 13.6 Å². The molecule has 1 amide bonds. The van der Waals surface area contributed by atoms with Gasteiger partial charge in [0.1, 0.15) is 0 Å². The van der Waals surface area contributed by atoms with Crippen LogP contribution in [0.2, 0.25) is 0 Å². The van der Waals surface area contributed by atoms with Gasteiger partial charge in [-0.1, -0.05) is 12.8 Å². The number of aromatic nitrogens is 2. The lowest BCUT2D eigenvalue weighted by Gasteiger charge is -2.31. The highest BCUT2D eigenvalue weighted by atomic mass is 16.3. The van der Waals surface area contributed by atoms with E-state index in [0.717, 1.165) is 31.2 Å². The number of amides is 1. The predicted molar refractivity (Wildman–Crippen MR) is 80.1 cm³/mol. The molecule has 112 valence electrons. The number of aliphatic hydroxyl groups is 1. The molecule has 21 heavy (non-hydrogen) atoms. The Hall–Kier alpha value is -1.88. The number of fused-ring (bicyclic) bond motifs is 1. The van der Waals surface area contributed by atoms with Crippen LogP contribution in [0.15, 0.2) is 30.9 Å². The summed E-state index contributed by atoms with van der Waals surface area (Å²) in [4.78, 5) is 18.3. The zero-order valence-electron chi connectivity index (χ0n) is 12.3. The first-order chi connectivity index (χ1) is 10.1. The van der Waals surface area contributed by atoms with Gasteiger partial charge in [-0.15, -0.1) is 0 Å².